The van der Waals surface area contributed by atoms with Crippen molar-refractivity contribution in [2.75, 3.05) is 0 Å². The first kappa shape index (κ1) is 26.8. The molecule has 0 fully saturated rings. The first-order valence-corrected chi connectivity index (χ1v) is 16.8. The van der Waals surface area contributed by atoms with Crippen molar-refractivity contribution in [2.24, 2.45) is 0 Å². The highest BCUT2D eigenvalue weighted by molar-refractivity contribution is 7.17. The molecule has 0 N–H and O–H groups in total. The van der Waals surface area contributed by atoms with Crippen LogP contribution < -0.4 is 0 Å². The Kier molecular flexibility index (Phi) is 5.71. The average Bonchev–Trinajstić information content (AvgIpc) is 3.69. The van der Waals surface area contributed by atoms with E-state index in [9.17, 15) is 0 Å². The Labute approximate surface area is 273 Å². The fraction of sp³-hybridized carbons (Fsp3) is 0.0455. The number of hydrogen-bond donors (Lipinski definition) is 0. The fourth-order valence-corrected chi connectivity index (χ4v) is 7.72. The average molecular weight is 621 g/mol. The molecule has 0 saturated heterocycles. The largest absolute Gasteiger partial charge is 0.452 e. The molecule has 0 saturated carbocycles. The molecule has 0 aliphatic heterocycles. The lowest BCUT2D eigenvalue weighted by atomic mass is 9.90. The number of para-hydroxylation sites is 1. The first-order chi connectivity index (χ1) is 23.1. The Hall–Kier alpha value is -5.43. The molecule has 0 aliphatic carbocycles. The minimum atomic E-state index is 0.304. The van der Waals surface area contributed by atoms with Gasteiger partial charge in [-0.2, -0.15) is 0 Å². The van der Waals surface area contributed by atoms with Gasteiger partial charge in [0.15, 0.2) is 11.2 Å². The molecule has 47 heavy (non-hydrogen) atoms. The number of rotatable bonds is 3. The van der Waals surface area contributed by atoms with Crippen LogP contribution >= 0.6 is 9.24 Å². The summed E-state index contributed by atoms with van der Waals surface area (Å²) in [6.07, 6.45) is 0. The van der Waals surface area contributed by atoms with Gasteiger partial charge >= 0.3 is 0 Å². The van der Waals surface area contributed by atoms with Crippen LogP contribution in [0.2, 0.25) is 0 Å². The molecule has 0 bridgehead atoms. The standard InChI is InChI=1S/C44H29O2P/c1-25(47)28-20-29(26-14-16-35-33-10-3-2-8-31(33)32-9-4-5-11-34(32)39(35)23-26)22-30(21-28)27-15-19-42-40(24-27)38-18-17-37-36-12-6-7-13-41(36)45-43(37)44(38)46-42/h2-25H,47H2,1H3. The van der Waals surface area contributed by atoms with Crippen molar-refractivity contribution in [3.8, 4) is 22.3 Å². The molecule has 0 radical (unpaired) electrons. The molecular weight excluding hydrogens is 591 g/mol. The minimum absolute atomic E-state index is 0.304. The molecule has 2 atom stereocenters. The van der Waals surface area contributed by atoms with Gasteiger partial charge in [-0.05, 0) is 108 Å². The van der Waals surface area contributed by atoms with E-state index in [1.54, 1.807) is 0 Å². The summed E-state index contributed by atoms with van der Waals surface area (Å²) in [4.78, 5) is 0. The molecule has 10 aromatic rings. The lowest BCUT2D eigenvalue weighted by molar-refractivity contribution is 0.633. The normalized spacial score (nSPS) is 12.8. The van der Waals surface area contributed by atoms with Gasteiger partial charge in [0.05, 0.1) is 0 Å². The monoisotopic (exact) mass is 620 g/mol. The molecule has 3 heteroatoms. The van der Waals surface area contributed by atoms with E-state index in [4.69, 9.17) is 8.83 Å². The van der Waals surface area contributed by atoms with Gasteiger partial charge in [0.1, 0.15) is 11.2 Å². The third-order valence-corrected chi connectivity index (χ3v) is 10.3. The predicted octanol–water partition coefficient (Wildman–Crippen LogP) is 13.2. The highest BCUT2D eigenvalue weighted by Crippen LogP contribution is 2.42. The van der Waals surface area contributed by atoms with Gasteiger partial charge in [0.2, 0.25) is 0 Å². The van der Waals surface area contributed by atoms with Gasteiger partial charge < -0.3 is 8.83 Å². The van der Waals surface area contributed by atoms with Crippen LogP contribution in [0.1, 0.15) is 18.1 Å². The molecule has 2 unspecified atom stereocenters. The van der Waals surface area contributed by atoms with E-state index < -0.39 is 0 Å². The second kappa shape index (κ2) is 10.0. The lowest BCUT2D eigenvalue weighted by Crippen LogP contribution is -1.90. The number of furan rings is 2. The zero-order valence-corrected chi connectivity index (χ0v) is 26.9. The van der Waals surface area contributed by atoms with Gasteiger partial charge in [0.25, 0.3) is 0 Å². The summed E-state index contributed by atoms with van der Waals surface area (Å²) in [6, 6.07) is 50.6. The minimum Gasteiger partial charge on any atom is -0.452 e. The third-order valence-electron chi connectivity index (χ3n) is 9.88. The predicted molar refractivity (Wildman–Crippen MR) is 203 cm³/mol. The van der Waals surface area contributed by atoms with E-state index in [2.05, 4.69) is 137 Å². The Balaban J connectivity index is 1.16. The van der Waals surface area contributed by atoms with E-state index in [-0.39, 0.29) is 0 Å². The van der Waals surface area contributed by atoms with Gasteiger partial charge in [0, 0.05) is 21.5 Å². The van der Waals surface area contributed by atoms with E-state index in [0.29, 0.717) is 5.66 Å². The summed E-state index contributed by atoms with van der Waals surface area (Å²) in [5.74, 6) is 0. The molecular formula is C44H29O2P. The smallest absolute Gasteiger partial charge is 0.178 e. The maximum atomic E-state index is 6.45. The highest BCUT2D eigenvalue weighted by Gasteiger charge is 2.17. The summed E-state index contributed by atoms with van der Waals surface area (Å²) in [5, 5.41) is 12.1. The Bertz CT molecular complexity index is 2850. The number of benzene rings is 8. The number of hydrogen-bond acceptors (Lipinski definition) is 2. The molecule has 0 amide bonds. The zero-order valence-electron chi connectivity index (χ0n) is 25.8. The molecule has 0 spiro atoms. The second-order valence-corrected chi connectivity index (χ2v) is 13.7. The Morgan fingerprint density at radius 3 is 1.45 bits per heavy atom. The van der Waals surface area contributed by atoms with Gasteiger partial charge in [-0.15, -0.1) is 9.24 Å². The molecule has 2 nitrogen and oxygen atoms in total. The van der Waals surface area contributed by atoms with Crippen LogP contribution in [0.25, 0.3) is 98.4 Å². The number of fused-ring (bicyclic) bond motifs is 13. The van der Waals surface area contributed by atoms with Gasteiger partial charge in [-0.25, -0.2) is 0 Å². The van der Waals surface area contributed by atoms with Crippen LogP contribution in [0.4, 0.5) is 0 Å². The summed E-state index contributed by atoms with van der Waals surface area (Å²) >= 11 is 0. The van der Waals surface area contributed by atoms with Crippen molar-refractivity contribution in [3.05, 3.63) is 145 Å². The third kappa shape index (κ3) is 4.02. The van der Waals surface area contributed by atoms with E-state index in [0.717, 1.165) is 49.4 Å². The van der Waals surface area contributed by atoms with Crippen LogP contribution in [0, 0.1) is 0 Å². The molecule has 10 rings (SSSR count). The summed E-state index contributed by atoms with van der Waals surface area (Å²) < 4.78 is 12.8. The van der Waals surface area contributed by atoms with E-state index in [1.807, 2.05) is 18.2 Å². The quantitative estimate of drug-likeness (QED) is 0.145. The van der Waals surface area contributed by atoms with Crippen molar-refractivity contribution >= 4 is 85.4 Å². The van der Waals surface area contributed by atoms with Crippen molar-refractivity contribution in [1.82, 2.24) is 0 Å². The highest BCUT2D eigenvalue weighted by atomic mass is 31.0. The first-order valence-electron chi connectivity index (χ1n) is 16.1. The van der Waals surface area contributed by atoms with Crippen LogP contribution in [0.5, 0.6) is 0 Å². The van der Waals surface area contributed by atoms with Crippen molar-refractivity contribution in [1.29, 1.82) is 0 Å². The molecule has 222 valence electrons. The van der Waals surface area contributed by atoms with Gasteiger partial charge in [-0.1, -0.05) is 104 Å². The van der Waals surface area contributed by atoms with Crippen LogP contribution in [-0.2, 0) is 0 Å². The molecule has 2 aromatic heterocycles. The van der Waals surface area contributed by atoms with Crippen LogP contribution in [0.3, 0.4) is 0 Å². The lowest BCUT2D eigenvalue weighted by Gasteiger charge is -2.15. The summed E-state index contributed by atoms with van der Waals surface area (Å²) in [6.45, 7) is 2.24. The van der Waals surface area contributed by atoms with Gasteiger partial charge in [-0.3, -0.25) is 0 Å². The van der Waals surface area contributed by atoms with E-state index >= 15 is 0 Å². The maximum Gasteiger partial charge on any atom is 0.178 e. The van der Waals surface area contributed by atoms with Crippen LogP contribution in [0.15, 0.2) is 148 Å². The second-order valence-electron chi connectivity index (χ2n) is 12.7. The van der Waals surface area contributed by atoms with Crippen molar-refractivity contribution in [3.63, 3.8) is 0 Å². The topological polar surface area (TPSA) is 26.3 Å². The summed E-state index contributed by atoms with van der Waals surface area (Å²) in [7, 11) is 2.98. The Morgan fingerprint density at radius 2 is 0.830 bits per heavy atom. The van der Waals surface area contributed by atoms with Crippen molar-refractivity contribution in [2.45, 2.75) is 12.6 Å². The SMILES string of the molecule is CC(P)c1cc(-c2ccc3oc4c(ccc5c6ccccc6oc54)c3c2)cc(-c2ccc3c4ccccc4c4ccccc4c3c2)c1. The molecule has 2 heterocycles. The van der Waals surface area contributed by atoms with Crippen LogP contribution in [-0.4, -0.2) is 0 Å². The maximum absolute atomic E-state index is 6.45. The molecule has 8 aromatic carbocycles. The molecule has 0 aliphatic rings. The zero-order chi connectivity index (χ0) is 31.2. The summed E-state index contributed by atoms with van der Waals surface area (Å²) in [5.41, 5.74) is 9.72. The van der Waals surface area contributed by atoms with Crippen molar-refractivity contribution < 1.29 is 8.83 Å². The fourth-order valence-electron chi connectivity index (χ4n) is 7.53. The Morgan fingerprint density at radius 1 is 0.383 bits per heavy atom. The van der Waals surface area contributed by atoms with E-state index in [1.165, 1.54) is 54.6 Å².